The summed E-state index contributed by atoms with van der Waals surface area (Å²) in [6.07, 6.45) is -0.303. The molecule has 0 aliphatic carbocycles. The number of rotatable bonds is 5. The van der Waals surface area contributed by atoms with Crippen molar-refractivity contribution in [2.75, 3.05) is 46.9 Å². The molecule has 1 fully saturated rings. The van der Waals surface area contributed by atoms with Crippen LogP contribution in [-0.2, 0) is 16.1 Å². The first kappa shape index (κ1) is 26.8. The maximum atomic E-state index is 12.2. The molecule has 9 nitrogen and oxygen atoms in total. The van der Waals surface area contributed by atoms with Crippen LogP contribution in [0.2, 0.25) is 0 Å². The first-order valence-electron chi connectivity index (χ1n) is 10.00. The van der Waals surface area contributed by atoms with E-state index in [4.69, 9.17) is 15.2 Å². The minimum absolute atomic E-state index is 0. The second-order valence-corrected chi connectivity index (χ2v) is 8.35. The zero-order valence-electron chi connectivity index (χ0n) is 19.0. The van der Waals surface area contributed by atoms with Gasteiger partial charge in [-0.3, -0.25) is 4.79 Å². The number of aliphatic imine (C=N–C) groups is 1. The molecule has 31 heavy (non-hydrogen) atoms. The topological polar surface area (TPSA) is 101 Å². The highest BCUT2D eigenvalue weighted by molar-refractivity contribution is 14.0. The summed E-state index contributed by atoms with van der Waals surface area (Å²) in [4.78, 5) is 33.4. The normalized spacial score (nSPS) is 14.5. The first-order chi connectivity index (χ1) is 14.0. The maximum absolute atomic E-state index is 12.2. The van der Waals surface area contributed by atoms with E-state index in [0.29, 0.717) is 44.4 Å². The smallest absolute Gasteiger partial charge is 0.410 e. The van der Waals surface area contributed by atoms with Crippen LogP contribution in [0.15, 0.2) is 29.3 Å². The van der Waals surface area contributed by atoms with E-state index >= 15 is 0 Å². The SMILES string of the molecule is CN(C)C(=O)COc1cccc(CN=C(N)N2CCN(C(=O)OC(C)(C)C)CC2)c1.I. The number of amides is 2. The van der Waals surface area contributed by atoms with E-state index in [1.165, 1.54) is 4.90 Å². The van der Waals surface area contributed by atoms with Gasteiger partial charge in [-0.1, -0.05) is 12.1 Å². The summed E-state index contributed by atoms with van der Waals surface area (Å²) in [6, 6.07) is 7.43. The Morgan fingerprint density at radius 2 is 1.74 bits per heavy atom. The van der Waals surface area contributed by atoms with Crippen molar-refractivity contribution in [3.8, 4) is 5.75 Å². The third kappa shape index (κ3) is 9.19. The van der Waals surface area contributed by atoms with Crippen molar-refractivity contribution in [1.82, 2.24) is 14.7 Å². The molecule has 1 aromatic carbocycles. The van der Waals surface area contributed by atoms with Crippen LogP contribution in [-0.4, -0.2) is 85.1 Å². The molecule has 2 N–H and O–H groups in total. The number of carbonyl (C=O) groups is 2. The molecule has 0 radical (unpaired) electrons. The number of ether oxygens (including phenoxy) is 2. The lowest BCUT2D eigenvalue weighted by Gasteiger charge is -2.36. The zero-order chi connectivity index (χ0) is 22.3. The Hall–Kier alpha value is -2.24. The molecule has 0 unspecified atom stereocenters. The minimum Gasteiger partial charge on any atom is -0.484 e. The van der Waals surface area contributed by atoms with Gasteiger partial charge in [-0.25, -0.2) is 9.79 Å². The van der Waals surface area contributed by atoms with E-state index in [2.05, 4.69) is 4.99 Å². The van der Waals surface area contributed by atoms with Gasteiger partial charge in [0.2, 0.25) is 0 Å². The fraction of sp³-hybridized carbons (Fsp3) is 0.571. The van der Waals surface area contributed by atoms with E-state index in [9.17, 15) is 9.59 Å². The van der Waals surface area contributed by atoms with Gasteiger partial charge in [0.05, 0.1) is 6.54 Å². The average Bonchev–Trinajstić information content (AvgIpc) is 2.69. The molecular formula is C21H34IN5O4. The van der Waals surface area contributed by atoms with Crippen LogP contribution in [0, 0.1) is 0 Å². The Labute approximate surface area is 201 Å². The van der Waals surface area contributed by atoms with E-state index in [1.54, 1.807) is 25.1 Å². The molecule has 1 heterocycles. The summed E-state index contributed by atoms with van der Waals surface area (Å²) in [7, 11) is 3.37. The molecule has 0 aromatic heterocycles. The van der Waals surface area contributed by atoms with Crippen molar-refractivity contribution in [2.45, 2.75) is 32.9 Å². The summed E-state index contributed by atoms with van der Waals surface area (Å²) >= 11 is 0. The maximum Gasteiger partial charge on any atom is 0.410 e. The predicted octanol–water partition coefficient (Wildman–Crippen LogP) is 2.14. The Morgan fingerprint density at radius 3 is 2.32 bits per heavy atom. The van der Waals surface area contributed by atoms with Crippen molar-refractivity contribution in [3.05, 3.63) is 29.8 Å². The number of guanidine groups is 1. The molecule has 0 atom stereocenters. The van der Waals surface area contributed by atoms with Crippen LogP contribution in [0.5, 0.6) is 5.75 Å². The first-order valence-corrected chi connectivity index (χ1v) is 10.00. The molecule has 174 valence electrons. The number of carbonyl (C=O) groups excluding carboxylic acids is 2. The van der Waals surface area contributed by atoms with Gasteiger partial charge < -0.3 is 29.9 Å². The van der Waals surface area contributed by atoms with E-state index in [-0.39, 0.29) is 42.6 Å². The van der Waals surface area contributed by atoms with Crippen LogP contribution < -0.4 is 10.5 Å². The molecule has 2 rings (SSSR count). The van der Waals surface area contributed by atoms with Gasteiger partial charge in [0.15, 0.2) is 12.6 Å². The third-order valence-corrected chi connectivity index (χ3v) is 4.44. The molecule has 0 spiro atoms. The highest BCUT2D eigenvalue weighted by Gasteiger charge is 2.26. The number of halogens is 1. The van der Waals surface area contributed by atoms with Crippen LogP contribution in [0.4, 0.5) is 4.79 Å². The quantitative estimate of drug-likeness (QED) is 0.345. The number of nitrogens with zero attached hydrogens (tertiary/aromatic N) is 4. The van der Waals surface area contributed by atoms with Gasteiger partial charge in [-0.05, 0) is 38.5 Å². The number of likely N-dealkylation sites (N-methyl/N-ethyl adjacent to an activating group) is 1. The highest BCUT2D eigenvalue weighted by Crippen LogP contribution is 2.15. The van der Waals surface area contributed by atoms with Gasteiger partial charge in [0, 0.05) is 40.3 Å². The Morgan fingerprint density at radius 1 is 1.13 bits per heavy atom. The van der Waals surface area contributed by atoms with Crippen molar-refractivity contribution in [2.24, 2.45) is 10.7 Å². The lowest BCUT2D eigenvalue weighted by atomic mass is 10.2. The summed E-state index contributed by atoms with van der Waals surface area (Å²) in [5.41, 5.74) is 6.57. The fourth-order valence-electron chi connectivity index (χ4n) is 2.72. The highest BCUT2D eigenvalue weighted by atomic mass is 127. The van der Waals surface area contributed by atoms with Crippen molar-refractivity contribution < 1.29 is 19.1 Å². The molecule has 2 amide bonds. The fourth-order valence-corrected chi connectivity index (χ4v) is 2.72. The number of nitrogens with two attached hydrogens (primary N) is 1. The molecule has 1 saturated heterocycles. The number of hydrogen-bond donors (Lipinski definition) is 1. The Bertz CT molecular complexity index is 771. The van der Waals surface area contributed by atoms with E-state index < -0.39 is 5.60 Å². The molecule has 0 bridgehead atoms. The largest absolute Gasteiger partial charge is 0.484 e. The summed E-state index contributed by atoms with van der Waals surface area (Å²) in [6.45, 7) is 8.22. The van der Waals surface area contributed by atoms with Crippen molar-refractivity contribution in [3.63, 3.8) is 0 Å². The Balaban J connectivity index is 0.00000480. The summed E-state index contributed by atoms with van der Waals surface area (Å²) < 4.78 is 10.9. The van der Waals surface area contributed by atoms with Crippen LogP contribution in [0.1, 0.15) is 26.3 Å². The molecule has 1 aliphatic heterocycles. The van der Waals surface area contributed by atoms with Gasteiger partial charge in [0.1, 0.15) is 11.4 Å². The molecule has 1 aliphatic rings. The Kier molecular flexibility index (Phi) is 10.3. The number of hydrogen-bond acceptors (Lipinski definition) is 5. The second-order valence-electron chi connectivity index (χ2n) is 8.35. The lowest BCUT2D eigenvalue weighted by Crippen LogP contribution is -2.53. The van der Waals surface area contributed by atoms with E-state index in [0.717, 1.165) is 5.56 Å². The summed E-state index contributed by atoms with van der Waals surface area (Å²) in [5, 5.41) is 0. The van der Waals surface area contributed by atoms with Gasteiger partial charge >= 0.3 is 6.09 Å². The number of benzene rings is 1. The molecule has 1 aromatic rings. The van der Waals surface area contributed by atoms with Crippen LogP contribution in [0.25, 0.3) is 0 Å². The average molecular weight is 547 g/mol. The van der Waals surface area contributed by atoms with E-state index in [1.807, 2.05) is 43.9 Å². The minimum atomic E-state index is -0.507. The van der Waals surface area contributed by atoms with Crippen LogP contribution in [0.3, 0.4) is 0 Å². The number of piperazine rings is 1. The molecule has 10 heteroatoms. The lowest BCUT2D eigenvalue weighted by molar-refractivity contribution is -0.130. The second kappa shape index (κ2) is 12.0. The van der Waals surface area contributed by atoms with Crippen molar-refractivity contribution >= 4 is 41.9 Å². The van der Waals surface area contributed by atoms with Crippen molar-refractivity contribution in [1.29, 1.82) is 0 Å². The molecule has 0 saturated carbocycles. The van der Waals surface area contributed by atoms with Gasteiger partial charge in [-0.2, -0.15) is 0 Å². The third-order valence-electron chi connectivity index (χ3n) is 4.44. The monoisotopic (exact) mass is 547 g/mol. The molecular weight excluding hydrogens is 513 g/mol. The van der Waals surface area contributed by atoms with Gasteiger partial charge in [0.25, 0.3) is 5.91 Å². The standard InChI is InChI=1S/C21H33N5O4.HI/c1-21(2,3)30-20(28)26-11-9-25(10-12-26)19(22)23-14-16-7-6-8-17(13-16)29-15-18(27)24(4)5;/h6-8,13H,9-12,14-15H2,1-5H3,(H2,22,23);1H. The zero-order valence-corrected chi connectivity index (χ0v) is 21.3. The van der Waals surface area contributed by atoms with Crippen LogP contribution >= 0.6 is 24.0 Å². The predicted molar refractivity (Wildman–Crippen MR) is 131 cm³/mol. The van der Waals surface area contributed by atoms with Gasteiger partial charge in [-0.15, -0.1) is 24.0 Å². The summed E-state index contributed by atoms with van der Waals surface area (Å²) in [5.74, 6) is 0.948.